The SMILES string of the molecule is CCCc1ccc(NC(C)Cc2ccc(Br)cc2)cc1. The van der Waals surface area contributed by atoms with Crippen LogP contribution in [0.25, 0.3) is 0 Å². The lowest BCUT2D eigenvalue weighted by atomic mass is 10.1. The van der Waals surface area contributed by atoms with E-state index in [9.17, 15) is 0 Å². The van der Waals surface area contributed by atoms with Crippen molar-refractivity contribution in [2.75, 3.05) is 5.32 Å². The summed E-state index contributed by atoms with van der Waals surface area (Å²) >= 11 is 3.47. The van der Waals surface area contributed by atoms with Crippen molar-refractivity contribution in [1.82, 2.24) is 0 Å². The fourth-order valence-corrected chi connectivity index (χ4v) is 2.63. The van der Waals surface area contributed by atoms with Gasteiger partial charge in [0.15, 0.2) is 0 Å². The molecule has 0 fully saturated rings. The number of benzene rings is 2. The minimum Gasteiger partial charge on any atom is -0.382 e. The number of halogens is 1. The number of anilines is 1. The van der Waals surface area contributed by atoms with Gasteiger partial charge in [-0.05, 0) is 55.2 Å². The molecule has 0 aromatic heterocycles. The average Bonchev–Trinajstić information content (AvgIpc) is 2.44. The summed E-state index contributed by atoms with van der Waals surface area (Å²) in [4.78, 5) is 0. The van der Waals surface area contributed by atoms with Crippen molar-refractivity contribution < 1.29 is 0 Å². The van der Waals surface area contributed by atoms with Gasteiger partial charge in [0.1, 0.15) is 0 Å². The lowest BCUT2D eigenvalue weighted by molar-refractivity contribution is 0.790. The van der Waals surface area contributed by atoms with E-state index < -0.39 is 0 Å². The average molecular weight is 332 g/mol. The molecule has 0 saturated carbocycles. The van der Waals surface area contributed by atoms with Crippen LogP contribution in [-0.2, 0) is 12.8 Å². The van der Waals surface area contributed by atoms with Crippen molar-refractivity contribution >= 4 is 21.6 Å². The third-order valence-electron chi connectivity index (χ3n) is 3.36. The third kappa shape index (κ3) is 4.68. The van der Waals surface area contributed by atoms with E-state index in [1.807, 2.05) is 0 Å². The van der Waals surface area contributed by atoms with Crippen LogP contribution in [0.3, 0.4) is 0 Å². The molecule has 1 unspecified atom stereocenters. The molecular formula is C18H22BrN. The quantitative estimate of drug-likeness (QED) is 0.742. The molecule has 2 aromatic carbocycles. The van der Waals surface area contributed by atoms with Gasteiger partial charge in [0.05, 0.1) is 0 Å². The van der Waals surface area contributed by atoms with Crippen molar-refractivity contribution in [3.8, 4) is 0 Å². The Hall–Kier alpha value is -1.28. The Morgan fingerprint density at radius 3 is 2.15 bits per heavy atom. The van der Waals surface area contributed by atoms with E-state index in [0.29, 0.717) is 6.04 Å². The number of nitrogens with one attached hydrogen (secondary N) is 1. The van der Waals surface area contributed by atoms with Gasteiger partial charge in [-0.15, -0.1) is 0 Å². The van der Waals surface area contributed by atoms with Crippen LogP contribution in [0.2, 0.25) is 0 Å². The van der Waals surface area contributed by atoms with E-state index >= 15 is 0 Å². The van der Waals surface area contributed by atoms with Gasteiger partial charge in [-0.1, -0.05) is 53.5 Å². The second-order valence-corrected chi connectivity index (χ2v) is 6.24. The highest BCUT2D eigenvalue weighted by atomic mass is 79.9. The predicted octanol–water partition coefficient (Wildman–Crippen LogP) is 5.44. The van der Waals surface area contributed by atoms with E-state index in [2.05, 4.69) is 83.6 Å². The van der Waals surface area contributed by atoms with Gasteiger partial charge in [0.2, 0.25) is 0 Å². The lowest BCUT2D eigenvalue weighted by Gasteiger charge is -2.16. The van der Waals surface area contributed by atoms with Gasteiger partial charge in [-0.2, -0.15) is 0 Å². The molecule has 20 heavy (non-hydrogen) atoms. The maximum atomic E-state index is 3.56. The number of hydrogen-bond acceptors (Lipinski definition) is 1. The summed E-state index contributed by atoms with van der Waals surface area (Å²) in [5.41, 5.74) is 3.98. The number of aryl methyl sites for hydroxylation is 1. The van der Waals surface area contributed by atoms with Crippen LogP contribution >= 0.6 is 15.9 Å². The summed E-state index contributed by atoms with van der Waals surface area (Å²) in [6, 6.07) is 17.8. The molecule has 0 heterocycles. The van der Waals surface area contributed by atoms with Gasteiger partial charge >= 0.3 is 0 Å². The van der Waals surface area contributed by atoms with Gasteiger partial charge in [0.25, 0.3) is 0 Å². The van der Waals surface area contributed by atoms with E-state index in [4.69, 9.17) is 0 Å². The zero-order valence-corrected chi connectivity index (χ0v) is 13.8. The van der Waals surface area contributed by atoms with Gasteiger partial charge in [-0.25, -0.2) is 0 Å². The van der Waals surface area contributed by atoms with Crippen LogP contribution in [0.5, 0.6) is 0 Å². The molecule has 0 aliphatic rings. The van der Waals surface area contributed by atoms with Crippen molar-refractivity contribution in [2.45, 2.75) is 39.2 Å². The molecule has 106 valence electrons. The Labute approximate surface area is 130 Å². The van der Waals surface area contributed by atoms with Gasteiger partial charge in [-0.3, -0.25) is 0 Å². The minimum atomic E-state index is 0.424. The summed E-state index contributed by atoms with van der Waals surface area (Å²) in [7, 11) is 0. The Morgan fingerprint density at radius 1 is 0.950 bits per heavy atom. The molecule has 1 atom stereocenters. The molecule has 2 rings (SSSR count). The fraction of sp³-hybridized carbons (Fsp3) is 0.333. The molecule has 0 aliphatic heterocycles. The lowest BCUT2D eigenvalue weighted by Crippen LogP contribution is -2.17. The van der Waals surface area contributed by atoms with Gasteiger partial charge in [0, 0.05) is 16.2 Å². The highest BCUT2D eigenvalue weighted by Gasteiger charge is 2.04. The highest BCUT2D eigenvalue weighted by molar-refractivity contribution is 9.10. The first kappa shape index (κ1) is 15.1. The summed E-state index contributed by atoms with van der Waals surface area (Å²) in [6.07, 6.45) is 3.39. The van der Waals surface area contributed by atoms with Crippen LogP contribution in [-0.4, -0.2) is 6.04 Å². The zero-order valence-electron chi connectivity index (χ0n) is 12.2. The molecule has 0 bridgehead atoms. The third-order valence-corrected chi connectivity index (χ3v) is 3.89. The minimum absolute atomic E-state index is 0.424. The van der Waals surface area contributed by atoms with Crippen LogP contribution in [0.15, 0.2) is 53.0 Å². The summed E-state index contributed by atoms with van der Waals surface area (Å²) in [6.45, 7) is 4.44. The first-order chi connectivity index (χ1) is 9.67. The first-order valence-corrected chi connectivity index (χ1v) is 8.06. The summed E-state index contributed by atoms with van der Waals surface area (Å²) in [5.74, 6) is 0. The topological polar surface area (TPSA) is 12.0 Å². The van der Waals surface area contributed by atoms with Crippen LogP contribution < -0.4 is 5.32 Å². The molecule has 1 nitrogen and oxygen atoms in total. The predicted molar refractivity (Wildman–Crippen MR) is 91.4 cm³/mol. The first-order valence-electron chi connectivity index (χ1n) is 7.27. The Kier molecular flexibility index (Phi) is 5.66. The highest BCUT2D eigenvalue weighted by Crippen LogP contribution is 2.15. The van der Waals surface area contributed by atoms with Crippen LogP contribution in [0.4, 0.5) is 5.69 Å². The molecule has 0 amide bonds. The summed E-state index contributed by atoms with van der Waals surface area (Å²) < 4.78 is 1.13. The maximum Gasteiger partial charge on any atom is 0.0342 e. The molecule has 1 N–H and O–H groups in total. The molecule has 0 radical (unpaired) electrons. The molecular weight excluding hydrogens is 310 g/mol. The molecule has 0 saturated heterocycles. The maximum absolute atomic E-state index is 3.56. The Bertz CT molecular complexity index is 516. The summed E-state index contributed by atoms with van der Waals surface area (Å²) in [5, 5.41) is 3.56. The van der Waals surface area contributed by atoms with Crippen molar-refractivity contribution in [2.24, 2.45) is 0 Å². The Balaban J connectivity index is 1.90. The second kappa shape index (κ2) is 7.49. The largest absolute Gasteiger partial charge is 0.382 e. The van der Waals surface area contributed by atoms with Gasteiger partial charge < -0.3 is 5.32 Å². The van der Waals surface area contributed by atoms with E-state index in [1.54, 1.807) is 0 Å². The monoisotopic (exact) mass is 331 g/mol. The van der Waals surface area contributed by atoms with Crippen LogP contribution in [0, 0.1) is 0 Å². The molecule has 2 aromatic rings. The molecule has 2 heteroatoms. The standard InChI is InChI=1S/C18H22BrN/c1-3-4-15-7-11-18(12-8-15)20-14(2)13-16-5-9-17(19)10-6-16/h5-12,14,20H,3-4,13H2,1-2H3. The van der Waals surface area contributed by atoms with Crippen molar-refractivity contribution in [3.63, 3.8) is 0 Å². The smallest absolute Gasteiger partial charge is 0.0342 e. The molecule has 0 spiro atoms. The van der Waals surface area contributed by atoms with Crippen molar-refractivity contribution in [1.29, 1.82) is 0 Å². The second-order valence-electron chi connectivity index (χ2n) is 5.32. The van der Waals surface area contributed by atoms with E-state index in [0.717, 1.165) is 17.3 Å². The normalized spacial score (nSPS) is 12.2. The Morgan fingerprint density at radius 2 is 1.55 bits per heavy atom. The number of hydrogen-bond donors (Lipinski definition) is 1. The zero-order chi connectivity index (χ0) is 14.4. The van der Waals surface area contributed by atoms with Crippen LogP contribution in [0.1, 0.15) is 31.4 Å². The number of rotatable bonds is 6. The van der Waals surface area contributed by atoms with E-state index in [1.165, 1.54) is 23.2 Å². The van der Waals surface area contributed by atoms with Crippen molar-refractivity contribution in [3.05, 3.63) is 64.1 Å². The fourth-order valence-electron chi connectivity index (χ4n) is 2.37. The molecule has 0 aliphatic carbocycles. The van der Waals surface area contributed by atoms with E-state index in [-0.39, 0.29) is 0 Å².